The number of pyridine rings is 1. The fourth-order valence-electron chi connectivity index (χ4n) is 1.80. The van der Waals surface area contributed by atoms with Gasteiger partial charge in [0.15, 0.2) is 5.69 Å². The van der Waals surface area contributed by atoms with Crippen LogP contribution in [-0.4, -0.2) is 26.3 Å². The van der Waals surface area contributed by atoms with E-state index in [-0.39, 0.29) is 11.6 Å². The Morgan fingerprint density at radius 1 is 1.15 bits per heavy atom. The van der Waals surface area contributed by atoms with Gasteiger partial charge in [-0.2, -0.15) is 15.4 Å². The molecular weight excluding hydrogens is 254 g/mol. The second kappa shape index (κ2) is 5.31. The van der Waals surface area contributed by atoms with Gasteiger partial charge in [0.25, 0.3) is 5.91 Å². The largest absolute Gasteiger partial charge is 0.321 e. The standard InChI is InChI=1S/C14H11N5O/c20-14(13-9-16-19-18-13)17-11-5-3-4-10(8-11)12-6-1-2-7-15-12/h1-9H,(H,17,20)(H,16,18,19). The molecule has 1 amide bonds. The van der Waals surface area contributed by atoms with Gasteiger partial charge in [-0.3, -0.25) is 9.78 Å². The highest BCUT2D eigenvalue weighted by Gasteiger charge is 2.09. The average Bonchev–Trinajstić information content (AvgIpc) is 3.03. The first-order valence-corrected chi connectivity index (χ1v) is 6.01. The lowest BCUT2D eigenvalue weighted by atomic mass is 10.1. The normalized spacial score (nSPS) is 10.2. The van der Waals surface area contributed by atoms with E-state index in [0.717, 1.165) is 11.3 Å². The number of benzene rings is 1. The summed E-state index contributed by atoms with van der Waals surface area (Å²) in [5.74, 6) is -0.308. The quantitative estimate of drug-likeness (QED) is 0.759. The number of nitrogens with zero attached hydrogens (tertiary/aromatic N) is 3. The number of aromatic nitrogens is 4. The maximum Gasteiger partial charge on any atom is 0.277 e. The summed E-state index contributed by atoms with van der Waals surface area (Å²) in [5, 5.41) is 12.5. The molecule has 2 heterocycles. The number of carbonyl (C=O) groups excluding carboxylic acids is 1. The molecule has 1 aromatic carbocycles. The van der Waals surface area contributed by atoms with Crippen molar-refractivity contribution in [2.24, 2.45) is 0 Å². The summed E-state index contributed by atoms with van der Waals surface area (Å²) in [6.45, 7) is 0. The zero-order chi connectivity index (χ0) is 13.8. The van der Waals surface area contributed by atoms with E-state index in [9.17, 15) is 4.79 Å². The molecule has 3 rings (SSSR count). The fraction of sp³-hybridized carbons (Fsp3) is 0. The number of hydrogen-bond donors (Lipinski definition) is 2. The topological polar surface area (TPSA) is 83.6 Å². The van der Waals surface area contributed by atoms with Gasteiger partial charge in [-0.15, -0.1) is 0 Å². The third-order valence-corrected chi connectivity index (χ3v) is 2.73. The van der Waals surface area contributed by atoms with Gasteiger partial charge in [-0.25, -0.2) is 0 Å². The highest BCUT2D eigenvalue weighted by atomic mass is 16.2. The number of nitrogens with one attached hydrogen (secondary N) is 2. The predicted octanol–water partition coefficient (Wildman–Crippen LogP) is 2.12. The number of carbonyl (C=O) groups is 1. The Bertz CT molecular complexity index is 709. The maximum absolute atomic E-state index is 11.9. The number of H-pyrrole nitrogens is 1. The van der Waals surface area contributed by atoms with Crippen molar-refractivity contribution < 1.29 is 4.79 Å². The third kappa shape index (κ3) is 2.54. The fourth-order valence-corrected chi connectivity index (χ4v) is 1.80. The average molecular weight is 265 g/mol. The molecule has 0 unspecified atom stereocenters. The zero-order valence-electron chi connectivity index (χ0n) is 10.4. The van der Waals surface area contributed by atoms with Crippen molar-refractivity contribution in [1.29, 1.82) is 0 Å². The van der Waals surface area contributed by atoms with Gasteiger partial charge in [-0.05, 0) is 24.3 Å². The van der Waals surface area contributed by atoms with Gasteiger partial charge in [0.2, 0.25) is 0 Å². The second-order valence-corrected chi connectivity index (χ2v) is 4.11. The minimum Gasteiger partial charge on any atom is -0.321 e. The van der Waals surface area contributed by atoms with Crippen LogP contribution in [0.15, 0.2) is 54.9 Å². The summed E-state index contributed by atoms with van der Waals surface area (Å²) in [5.41, 5.74) is 2.71. The molecule has 98 valence electrons. The minimum atomic E-state index is -0.308. The van der Waals surface area contributed by atoms with E-state index < -0.39 is 0 Å². The van der Waals surface area contributed by atoms with Gasteiger partial charge >= 0.3 is 0 Å². The number of anilines is 1. The molecule has 0 bridgehead atoms. The van der Waals surface area contributed by atoms with Gasteiger partial charge in [-0.1, -0.05) is 18.2 Å². The molecule has 0 atom stereocenters. The van der Waals surface area contributed by atoms with Gasteiger partial charge in [0, 0.05) is 17.4 Å². The van der Waals surface area contributed by atoms with E-state index in [2.05, 4.69) is 25.7 Å². The molecule has 0 saturated heterocycles. The van der Waals surface area contributed by atoms with E-state index in [4.69, 9.17) is 0 Å². The molecule has 0 aliphatic rings. The summed E-state index contributed by atoms with van der Waals surface area (Å²) in [6.07, 6.45) is 3.11. The van der Waals surface area contributed by atoms with Crippen LogP contribution in [0.5, 0.6) is 0 Å². The molecule has 20 heavy (non-hydrogen) atoms. The van der Waals surface area contributed by atoms with Gasteiger partial charge in [0.05, 0.1) is 11.9 Å². The smallest absolute Gasteiger partial charge is 0.277 e. The first-order valence-electron chi connectivity index (χ1n) is 6.01. The molecule has 6 heteroatoms. The Morgan fingerprint density at radius 2 is 2.10 bits per heavy atom. The Kier molecular flexibility index (Phi) is 3.20. The third-order valence-electron chi connectivity index (χ3n) is 2.73. The van der Waals surface area contributed by atoms with Crippen molar-refractivity contribution in [2.45, 2.75) is 0 Å². The van der Waals surface area contributed by atoms with E-state index in [1.165, 1.54) is 6.20 Å². The zero-order valence-corrected chi connectivity index (χ0v) is 10.4. The van der Waals surface area contributed by atoms with Crippen LogP contribution in [-0.2, 0) is 0 Å². The summed E-state index contributed by atoms with van der Waals surface area (Å²) in [6, 6.07) is 13.2. The van der Waals surface area contributed by atoms with Crippen LogP contribution in [0, 0.1) is 0 Å². The summed E-state index contributed by atoms with van der Waals surface area (Å²) in [7, 11) is 0. The van der Waals surface area contributed by atoms with E-state index in [1.54, 1.807) is 6.20 Å². The van der Waals surface area contributed by atoms with Crippen molar-refractivity contribution in [1.82, 2.24) is 20.4 Å². The first kappa shape index (κ1) is 12.0. The van der Waals surface area contributed by atoms with Crippen LogP contribution in [0.1, 0.15) is 10.5 Å². The Labute approximate surface area is 114 Å². The molecule has 3 aromatic rings. The van der Waals surface area contributed by atoms with E-state index in [0.29, 0.717) is 5.69 Å². The first-order chi connectivity index (χ1) is 9.83. The monoisotopic (exact) mass is 265 g/mol. The number of aromatic amines is 1. The molecule has 0 aliphatic heterocycles. The van der Waals surface area contributed by atoms with Crippen molar-refractivity contribution in [3.8, 4) is 11.3 Å². The van der Waals surface area contributed by atoms with E-state index in [1.807, 2.05) is 42.5 Å². The highest BCUT2D eigenvalue weighted by Crippen LogP contribution is 2.20. The molecule has 2 N–H and O–H groups in total. The Hall–Kier alpha value is -3.02. The summed E-state index contributed by atoms with van der Waals surface area (Å²) < 4.78 is 0. The van der Waals surface area contributed by atoms with Gasteiger partial charge < -0.3 is 5.32 Å². The van der Waals surface area contributed by atoms with Crippen LogP contribution >= 0.6 is 0 Å². The highest BCUT2D eigenvalue weighted by molar-refractivity contribution is 6.02. The molecule has 0 aliphatic carbocycles. The van der Waals surface area contributed by atoms with Crippen molar-refractivity contribution in [2.75, 3.05) is 5.32 Å². The molecular formula is C14H11N5O. The maximum atomic E-state index is 11.9. The van der Waals surface area contributed by atoms with Crippen molar-refractivity contribution in [3.63, 3.8) is 0 Å². The molecule has 0 spiro atoms. The predicted molar refractivity (Wildman–Crippen MR) is 74.0 cm³/mol. The van der Waals surface area contributed by atoms with Gasteiger partial charge in [0.1, 0.15) is 0 Å². The molecule has 0 saturated carbocycles. The second-order valence-electron chi connectivity index (χ2n) is 4.11. The lowest BCUT2D eigenvalue weighted by Crippen LogP contribution is -2.12. The molecule has 0 radical (unpaired) electrons. The Balaban J connectivity index is 1.83. The van der Waals surface area contributed by atoms with Crippen LogP contribution in [0.2, 0.25) is 0 Å². The van der Waals surface area contributed by atoms with Crippen LogP contribution < -0.4 is 5.32 Å². The van der Waals surface area contributed by atoms with Crippen molar-refractivity contribution in [3.05, 3.63) is 60.6 Å². The minimum absolute atomic E-state index is 0.244. The number of hydrogen-bond acceptors (Lipinski definition) is 4. The molecule has 0 fully saturated rings. The SMILES string of the molecule is O=C(Nc1cccc(-c2ccccn2)c1)c1cn[nH]n1. The molecule has 6 nitrogen and oxygen atoms in total. The summed E-state index contributed by atoms with van der Waals surface area (Å²) >= 11 is 0. The van der Waals surface area contributed by atoms with E-state index >= 15 is 0 Å². The van der Waals surface area contributed by atoms with Crippen LogP contribution in [0.4, 0.5) is 5.69 Å². The Morgan fingerprint density at radius 3 is 2.85 bits per heavy atom. The summed E-state index contributed by atoms with van der Waals surface area (Å²) in [4.78, 5) is 16.2. The number of amides is 1. The van der Waals surface area contributed by atoms with Crippen LogP contribution in [0.3, 0.4) is 0 Å². The number of rotatable bonds is 3. The lowest BCUT2D eigenvalue weighted by Gasteiger charge is -2.05. The van der Waals surface area contributed by atoms with Crippen LogP contribution in [0.25, 0.3) is 11.3 Å². The lowest BCUT2D eigenvalue weighted by molar-refractivity contribution is 0.102. The van der Waals surface area contributed by atoms with Crippen molar-refractivity contribution >= 4 is 11.6 Å². The molecule has 2 aromatic heterocycles.